The van der Waals surface area contributed by atoms with Crippen LogP contribution in [0, 0.1) is 6.92 Å². The summed E-state index contributed by atoms with van der Waals surface area (Å²) in [6, 6.07) is 6.77. The van der Waals surface area contributed by atoms with E-state index in [1.165, 1.54) is 19.3 Å². The minimum atomic E-state index is -0.334. The number of amides is 2. The summed E-state index contributed by atoms with van der Waals surface area (Å²) in [5.41, 5.74) is 2.48. The van der Waals surface area contributed by atoms with Crippen molar-refractivity contribution in [1.29, 1.82) is 0 Å². The topological polar surface area (TPSA) is 71.1 Å². The molecule has 1 aromatic heterocycles. The van der Waals surface area contributed by atoms with Gasteiger partial charge in [-0.25, -0.2) is 0 Å². The molecule has 0 aliphatic carbocycles. The zero-order valence-corrected chi connectivity index (χ0v) is 12.4. The van der Waals surface area contributed by atoms with Crippen molar-refractivity contribution >= 4 is 34.8 Å². The fraction of sp³-hybridized carbons (Fsp3) is 0.133. The molecule has 2 aromatic rings. The highest BCUT2D eigenvalue weighted by Gasteiger charge is 2.11. The molecule has 0 radical (unpaired) electrons. The highest BCUT2D eigenvalue weighted by Crippen LogP contribution is 2.21. The highest BCUT2D eigenvalue weighted by molar-refractivity contribution is 6.34. The molecule has 2 N–H and O–H groups in total. The fourth-order valence-electron chi connectivity index (χ4n) is 1.81. The Morgan fingerprint density at radius 3 is 2.57 bits per heavy atom. The second-order valence-electron chi connectivity index (χ2n) is 4.52. The van der Waals surface area contributed by atoms with Crippen molar-refractivity contribution in [3.63, 3.8) is 0 Å². The van der Waals surface area contributed by atoms with Gasteiger partial charge in [0.05, 0.1) is 10.6 Å². The number of hydrogen-bond acceptors (Lipinski definition) is 3. The normalized spacial score (nSPS) is 10.0. The Kier molecular flexibility index (Phi) is 4.55. The van der Waals surface area contributed by atoms with E-state index in [4.69, 9.17) is 11.6 Å². The maximum Gasteiger partial charge on any atom is 0.258 e. The van der Waals surface area contributed by atoms with Crippen LogP contribution in [0.5, 0.6) is 0 Å². The molecule has 0 aliphatic heterocycles. The zero-order valence-electron chi connectivity index (χ0n) is 11.6. The van der Waals surface area contributed by atoms with E-state index in [9.17, 15) is 9.59 Å². The van der Waals surface area contributed by atoms with Crippen LogP contribution in [-0.4, -0.2) is 16.8 Å². The number of carbonyl (C=O) groups is 2. The lowest BCUT2D eigenvalue weighted by molar-refractivity contribution is -0.114. The van der Waals surface area contributed by atoms with Crippen LogP contribution in [0.15, 0.2) is 36.7 Å². The summed E-state index contributed by atoms with van der Waals surface area (Å²) in [6.45, 7) is 3.29. The van der Waals surface area contributed by atoms with Gasteiger partial charge in [-0.15, -0.1) is 0 Å². The Bertz CT molecular complexity index is 701. The molecule has 6 heteroatoms. The van der Waals surface area contributed by atoms with E-state index in [2.05, 4.69) is 15.6 Å². The molecule has 0 aliphatic rings. The zero-order chi connectivity index (χ0) is 15.4. The van der Waals surface area contributed by atoms with Gasteiger partial charge in [0.15, 0.2) is 0 Å². The first-order valence-electron chi connectivity index (χ1n) is 6.26. The molecule has 0 unspecified atom stereocenters. The molecule has 0 saturated carbocycles. The van der Waals surface area contributed by atoms with Crippen molar-refractivity contribution in [2.24, 2.45) is 0 Å². The van der Waals surface area contributed by atoms with Crippen LogP contribution in [-0.2, 0) is 4.79 Å². The predicted octanol–water partition coefficient (Wildman–Crippen LogP) is 3.25. The summed E-state index contributed by atoms with van der Waals surface area (Å²) in [7, 11) is 0. The van der Waals surface area contributed by atoms with Gasteiger partial charge in [-0.2, -0.15) is 0 Å². The van der Waals surface area contributed by atoms with E-state index in [1.54, 1.807) is 24.3 Å². The average molecular weight is 304 g/mol. The van der Waals surface area contributed by atoms with E-state index in [0.29, 0.717) is 22.0 Å². The minimum absolute atomic E-state index is 0.142. The third kappa shape index (κ3) is 3.79. The van der Waals surface area contributed by atoms with Crippen molar-refractivity contribution in [2.45, 2.75) is 13.8 Å². The molecule has 0 saturated heterocycles. The van der Waals surface area contributed by atoms with E-state index in [1.807, 2.05) is 6.92 Å². The first-order valence-corrected chi connectivity index (χ1v) is 6.64. The SMILES string of the molecule is CC(=O)Nc1ccc(NC(=O)c2cnccc2Cl)cc1C. The second kappa shape index (κ2) is 6.37. The molecular weight excluding hydrogens is 290 g/mol. The lowest BCUT2D eigenvalue weighted by Gasteiger charge is -2.10. The summed E-state index contributed by atoms with van der Waals surface area (Å²) in [5, 5.41) is 5.80. The lowest BCUT2D eigenvalue weighted by atomic mass is 10.1. The number of pyridine rings is 1. The van der Waals surface area contributed by atoms with Crippen LogP contribution < -0.4 is 10.6 Å². The lowest BCUT2D eigenvalue weighted by Crippen LogP contribution is -2.13. The number of halogens is 1. The van der Waals surface area contributed by atoms with E-state index < -0.39 is 0 Å². The fourth-order valence-corrected chi connectivity index (χ4v) is 2.01. The first kappa shape index (κ1) is 15.0. The maximum absolute atomic E-state index is 12.1. The predicted molar refractivity (Wildman–Crippen MR) is 82.7 cm³/mol. The van der Waals surface area contributed by atoms with Crippen LogP contribution >= 0.6 is 11.6 Å². The molecule has 0 spiro atoms. The Labute approximate surface area is 127 Å². The largest absolute Gasteiger partial charge is 0.326 e. The average Bonchev–Trinajstić information content (AvgIpc) is 2.42. The molecule has 21 heavy (non-hydrogen) atoms. The Morgan fingerprint density at radius 2 is 1.95 bits per heavy atom. The van der Waals surface area contributed by atoms with Gasteiger partial charge in [0.1, 0.15) is 0 Å². The molecule has 0 fully saturated rings. The van der Waals surface area contributed by atoms with Gasteiger partial charge in [0.2, 0.25) is 5.91 Å². The maximum atomic E-state index is 12.1. The van der Waals surface area contributed by atoms with Gasteiger partial charge < -0.3 is 10.6 Å². The molecule has 2 amide bonds. The first-order chi connectivity index (χ1) is 9.97. The van der Waals surface area contributed by atoms with Crippen molar-refractivity contribution in [1.82, 2.24) is 4.98 Å². The molecule has 0 bridgehead atoms. The van der Waals surface area contributed by atoms with Gasteiger partial charge in [0, 0.05) is 30.7 Å². The number of benzene rings is 1. The Balaban J connectivity index is 2.17. The van der Waals surface area contributed by atoms with E-state index in [-0.39, 0.29) is 11.8 Å². The summed E-state index contributed by atoms with van der Waals surface area (Å²) in [4.78, 5) is 27.0. The Morgan fingerprint density at radius 1 is 1.19 bits per heavy atom. The van der Waals surface area contributed by atoms with Crippen molar-refractivity contribution in [2.75, 3.05) is 10.6 Å². The van der Waals surface area contributed by atoms with Crippen LogP contribution in [0.3, 0.4) is 0 Å². The Hall–Kier alpha value is -2.40. The van der Waals surface area contributed by atoms with Crippen molar-refractivity contribution < 1.29 is 9.59 Å². The van der Waals surface area contributed by atoms with Crippen LogP contribution in [0.4, 0.5) is 11.4 Å². The van der Waals surface area contributed by atoms with Crippen LogP contribution in [0.25, 0.3) is 0 Å². The monoisotopic (exact) mass is 303 g/mol. The van der Waals surface area contributed by atoms with Crippen LogP contribution in [0.1, 0.15) is 22.8 Å². The number of anilines is 2. The second-order valence-corrected chi connectivity index (χ2v) is 4.93. The summed E-state index contributed by atoms with van der Waals surface area (Å²) in [5.74, 6) is -0.475. The molecule has 5 nitrogen and oxygen atoms in total. The van der Waals surface area contributed by atoms with Gasteiger partial charge in [-0.3, -0.25) is 14.6 Å². The smallest absolute Gasteiger partial charge is 0.258 e. The standard InChI is InChI=1S/C15H14ClN3O2/c1-9-7-11(3-4-14(9)18-10(2)20)19-15(21)12-8-17-6-5-13(12)16/h3-8H,1-2H3,(H,18,20)(H,19,21). The molecular formula is C15H14ClN3O2. The van der Waals surface area contributed by atoms with Crippen molar-refractivity contribution in [3.05, 3.63) is 52.8 Å². The molecule has 2 rings (SSSR count). The highest BCUT2D eigenvalue weighted by atomic mass is 35.5. The van der Waals surface area contributed by atoms with Crippen molar-refractivity contribution in [3.8, 4) is 0 Å². The number of nitrogens with zero attached hydrogens (tertiary/aromatic N) is 1. The number of rotatable bonds is 3. The van der Waals surface area contributed by atoms with Gasteiger partial charge in [0.25, 0.3) is 5.91 Å². The van der Waals surface area contributed by atoms with Crippen LogP contribution in [0.2, 0.25) is 5.02 Å². The van der Waals surface area contributed by atoms with Gasteiger partial charge >= 0.3 is 0 Å². The summed E-state index contributed by atoms with van der Waals surface area (Å²) >= 11 is 5.95. The molecule has 1 aromatic carbocycles. The van der Waals surface area contributed by atoms with Gasteiger partial charge in [-0.1, -0.05) is 11.6 Å². The van der Waals surface area contributed by atoms with Gasteiger partial charge in [-0.05, 0) is 36.8 Å². The number of carbonyl (C=O) groups excluding carboxylic acids is 2. The summed E-state index contributed by atoms with van der Waals surface area (Å²) in [6.07, 6.45) is 2.93. The third-order valence-electron chi connectivity index (χ3n) is 2.81. The molecule has 108 valence electrons. The molecule has 0 atom stereocenters. The number of aromatic nitrogens is 1. The number of hydrogen-bond donors (Lipinski definition) is 2. The third-order valence-corrected chi connectivity index (χ3v) is 3.14. The summed E-state index contributed by atoms with van der Waals surface area (Å²) < 4.78 is 0. The quantitative estimate of drug-likeness (QED) is 0.914. The van der Waals surface area contributed by atoms with E-state index >= 15 is 0 Å². The molecule has 1 heterocycles. The van der Waals surface area contributed by atoms with E-state index in [0.717, 1.165) is 5.56 Å². The minimum Gasteiger partial charge on any atom is -0.326 e. The number of nitrogens with one attached hydrogen (secondary N) is 2. The number of aryl methyl sites for hydroxylation is 1.